The lowest BCUT2D eigenvalue weighted by Crippen LogP contribution is -2.57. The first-order valence-corrected chi connectivity index (χ1v) is 35.2. The minimum absolute atomic E-state index is 0.0317. The number of ether oxygens (including phenoxy) is 6. The molecule has 9 fully saturated rings. The first kappa shape index (κ1) is 83.9. The van der Waals surface area contributed by atoms with Crippen molar-refractivity contribution in [2.45, 2.75) is 392 Å². The summed E-state index contributed by atoms with van der Waals surface area (Å²) in [7, 11) is 0. The monoisotopic (exact) mass is 1210 g/mol. The Morgan fingerprint density at radius 1 is 0.376 bits per heavy atom. The van der Waals surface area contributed by atoms with Gasteiger partial charge < -0.3 is 28.4 Å². The molecule has 0 amide bonds. The third-order valence-electron chi connectivity index (χ3n) is 18.5. The van der Waals surface area contributed by atoms with E-state index in [9.17, 15) is 28.8 Å². The first-order valence-electron chi connectivity index (χ1n) is 35.2. The smallest absolute Gasteiger partial charge is 0.306 e. The molecule has 9 rings (SSSR count). The van der Waals surface area contributed by atoms with Gasteiger partial charge in [0.05, 0.1) is 0 Å². The van der Waals surface area contributed by atoms with Gasteiger partial charge in [0, 0.05) is 43.9 Å². The van der Waals surface area contributed by atoms with Gasteiger partial charge in [-0.05, 0) is 233 Å². The Labute approximate surface area is 524 Å². The maximum absolute atomic E-state index is 11.7. The average Bonchev–Trinajstić information content (AvgIpc) is 1.98. The summed E-state index contributed by atoms with van der Waals surface area (Å²) >= 11 is 0. The molecule has 502 valence electrons. The molecule has 9 saturated carbocycles. The van der Waals surface area contributed by atoms with Crippen LogP contribution in [0.25, 0.3) is 0 Å². The maximum atomic E-state index is 11.7. The van der Waals surface area contributed by atoms with Crippen LogP contribution in [-0.2, 0) is 57.2 Å². The van der Waals surface area contributed by atoms with E-state index < -0.39 is 0 Å². The molecule has 0 heterocycles. The molecule has 0 radical (unpaired) electrons. The Hall–Kier alpha value is -3.18. The lowest BCUT2D eigenvalue weighted by molar-refractivity contribution is -0.198. The summed E-state index contributed by atoms with van der Waals surface area (Å²) in [6.07, 6.45) is 32.7. The number of esters is 6. The molecule has 9 aliphatic rings. The Morgan fingerprint density at radius 3 is 1.05 bits per heavy atom. The fraction of sp³-hybridized carbons (Fsp3) is 0.918. The van der Waals surface area contributed by atoms with Crippen LogP contribution >= 0.6 is 0 Å². The second-order valence-corrected chi connectivity index (χ2v) is 27.3. The van der Waals surface area contributed by atoms with Crippen LogP contribution in [0, 0.1) is 40.9 Å². The zero-order chi connectivity index (χ0) is 65.9. The number of hydrogen-bond donors (Lipinski definition) is 0. The molecule has 12 nitrogen and oxygen atoms in total. The summed E-state index contributed by atoms with van der Waals surface area (Å²) < 4.78 is 32.5. The van der Waals surface area contributed by atoms with Crippen molar-refractivity contribution in [2.75, 3.05) is 0 Å². The second kappa shape index (κ2) is 41.9. The van der Waals surface area contributed by atoms with Crippen molar-refractivity contribution in [3.63, 3.8) is 0 Å². The molecular formula is C73H138O12. The largest absolute Gasteiger partial charge is 0.460 e. The molecule has 0 spiro atoms. The van der Waals surface area contributed by atoms with Gasteiger partial charge in [-0.3, -0.25) is 28.8 Å². The van der Waals surface area contributed by atoms with Crippen molar-refractivity contribution >= 4 is 35.8 Å². The first-order chi connectivity index (χ1) is 39.9. The summed E-state index contributed by atoms with van der Waals surface area (Å²) in [5.74, 6) is 4.39. The van der Waals surface area contributed by atoms with Crippen molar-refractivity contribution in [3.05, 3.63) is 0 Å². The van der Waals surface area contributed by atoms with Crippen molar-refractivity contribution in [1.82, 2.24) is 0 Å². The average molecular weight is 1210 g/mol. The van der Waals surface area contributed by atoms with Crippen LogP contribution in [0.3, 0.4) is 0 Å². The standard InChI is InChI=1S/C16H26O2.C12H22O2.C11H18O2.C10H18O2.C9H16O2.C7H14O2.4C2H6/c1-4-14(17)18-15(2,3)16-8-11-5-12(9-16)7-13(6-11)10-16;1-4-11(13)14-12(2,3)10-8-6-5-7-9-10;1-3-10(12)13-11(2)7-8-4-5-9(11)6-8;1-3-9(11)12-10(2)7-5-4-6-8-10;1-3-8(10)11-9(2)6-4-5-7-9;1-5-6(8)9-7(2,3)4;4*1-2/h11-13H,4-10H2,1-3H3;10H,4-9H2,1-3H3;8-9H,3-7H2,1-2H3;3-8H2,1-2H3;3-7H2,1-2H3;5H2,1-4H3;4*1-2H3. The highest BCUT2D eigenvalue weighted by atomic mass is 16.6. The quantitative estimate of drug-likeness (QED) is 0.127. The molecule has 3 unspecified atom stereocenters. The predicted octanol–water partition coefficient (Wildman–Crippen LogP) is 20.5. The summed E-state index contributed by atoms with van der Waals surface area (Å²) in [6, 6.07) is 0. The number of fused-ring (bicyclic) bond motifs is 2. The predicted molar refractivity (Wildman–Crippen MR) is 351 cm³/mol. The van der Waals surface area contributed by atoms with E-state index in [1.54, 1.807) is 6.92 Å². The van der Waals surface area contributed by atoms with E-state index in [1.807, 2.05) is 118 Å². The lowest BCUT2D eigenvalue weighted by Gasteiger charge is -2.61. The minimum atomic E-state index is -0.326. The number of carbonyl (C=O) groups excluding carboxylic acids is 6. The molecular weight excluding hydrogens is 1070 g/mol. The van der Waals surface area contributed by atoms with Gasteiger partial charge in [-0.2, -0.15) is 0 Å². The molecule has 6 bridgehead atoms. The van der Waals surface area contributed by atoms with E-state index >= 15 is 0 Å². The third kappa shape index (κ3) is 30.7. The van der Waals surface area contributed by atoms with Gasteiger partial charge in [0.15, 0.2) is 0 Å². The van der Waals surface area contributed by atoms with Crippen molar-refractivity contribution in [3.8, 4) is 0 Å². The molecule has 12 heteroatoms. The van der Waals surface area contributed by atoms with Crippen LogP contribution in [0.2, 0.25) is 0 Å². The molecule has 0 aromatic carbocycles. The topological polar surface area (TPSA) is 158 Å². The van der Waals surface area contributed by atoms with Gasteiger partial charge >= 0.3 is 35.8 Å². The lowest BCUT2D eigenvalue weighted by atomic mass is 9.46. The number of hydrogen-bond acceptors (Lipinski definition) is 12. The Morgan fingerprint density at radius 2 is 0.718 bits per heavy atom. The number of rotatable bonds is 13. The molecule has 85 heavy (non-hydrogen) atoms. The van der Waals surface area contributed by atoms with Crippen molar-refractivity contribution in [1.29, 1.82) is 0 Å². The zero-order valence-electron chi connectivity index (χ0n) is 60.1. The number of carbonyl (C=O) groups is 6. The fourth-order valence-electron chi connectivity index (χ4n) is 14.3. The van der Waals surface area contributed by atoms with E-state index in [4.69, 9.17) is 28.4 Å². The fourth-order valence-corrected chi connectivity index (χ4v) is 14.3. The van der Waals surface area contributed by atoms with Crippen LogP contribution < -0.4 is 0 Å². The molecule has 0 aliphatic heterocycles. The van der Waals surface area contributed by atoms with Crippen LogP contribution in [0.5, 0.6) is 0 Å². The summed E-state index contributed by atoms with van der Waals surface area (Å²) in [6.45, 7) is 47.3. The van der Waals surface area contributed by atoms with Gasteiger partial charge in [-0.25, -0.2) is 0 Å². The van der Waals surface area contributed by atoms with Gasteiger partial charge in [0.1, 0.15) is 33.6 Å². The van der Waals surface area contributed by atoms with Crippen LogP contribution in [0.4, 0.5) is 0 Å². The van der Waals surface area contributed by atoms with Gasteiger partial charge in [0.2, 0.25) is 0 Å². The summed E-state index contributed by atoms with van der Waals surface area (Å²) in [5, 5.41) is 0. The van der Waals surface area contributed by atoms with Crippen LogP contribution in [0.1, 0.15) is 359 Å². The Kier molecular flexibility index (Phi) is 41.4. The highest BCUT2D eigenvalue weighted by Gasteiger charge is 2.59. The van der Waals surface area contributed by atoms with Crippen LogP contribution in [-0.4, -0.2) is 69.4 Å². The zero-order valence-corrected chi connectivity index (χ0v) is 60.1. The highest BCUT2D eigenvalue weighted by Crippen LogP contribution is 2.64. The third-order valence-corrected chi connectivity index (χ3v) is 18.5. The maximum Gasteiger partial charge on any atom is 0.306 e. The Bertz CT molecular complexity index is 1810. The van der Waals surface area contributed by atoms with E-state index in [0.717, 1.165) is 55.8 Å². The van der Waals surface area contributed by atoms with Crippen molar-refractivity contribution in [2.24, 2.45) is 40.9 Å². The second-order valence-electron chi connectivity index (χ2n) is 27.3. The van der Waals surface area contributed by atoms with E-state index in [1.165, 1.54) is 122 Å². The summed E-state index contributed by atoms with van der Waals surface area (Å²) in [4.78, 5) is 66.8. The van der Waals surface area contributed by atoms with E-state index in [2.05, 4.69) is 41.5 Å². The SMILES string of the molecule is CC.CC.CC.CC.CCC(=O)OC(C)(C)C.CCC(=O)OC(C)(C)C12CC3CC(CC(C3)C1)C2.CCC(=O)OC(C)(C)C1CCCCC1.CCC(=O)OC1(C)CC2CCC1C2.CCC(=O)OC1(C)CCCC1.CCC(=O)OC1(C)CCCCC1. The van der Waals surface area contributed by atoms with Crippen LogP contribution in [0.15, 0.2) is 0 Å². The van der Waals surface area contributed by atoms with Gasteiger partial charge in [0.25, 0.3) is 0 Å². The minimum Gasteiger partial charge on any atom is -0.460 e. The van der Waals surface area contributed by atoms with E-state index in [-0.39, 0.29) is 74.8 Å². The Balaban J connectivity index is 0. The normalized spacial score (nSPS) is 25.9. The van der Waals surface area contributed by atoms with Gasteiger partial charge in [-0.15, -0.1) is 0 Å². The molecule has 0 aromatic heterocycles. The molecule has 3 atom stereocenters. The molecule has 0 aromatic rings. The van der Waals surface area contributed by atoms with E-state index in [0.29, 0.717) is 50.4 Å². The molecule has 9 aliphatic carbocycles. The summed E-state index contributed by atoms with van der Waals surface area (Å²) in [5.41, 5.74) is -0.961. The van der Waals surface area contributed by atoms with Gasteiger partial charge in [-0.1, -0.05) is 123 Å². The molecule has 0 N–H and O–H groups in total. The molecule has 0 saturated heterocycles. The highest BCUT2D eigenvalue weighted by molar-refractivity contribution is 5.71. The van der Waals surface area contributed by atoms with Crippen molar-refractivity contribution < 1.29 is 57.2 Å².